The molecule has 1 saturated carbocycles. The van der Waals surface area contributed by atoms with Gasteiger partial charge < -0.3 is 10.1 Å². The van der Waals surface area contributed by atoms with E-state index >= 15 is 0 Å². The van der Waals surface area contributed by atoms with Crippen molar-refractivity contribution in [1.29, 1.82) is 0 Å². The minimum absolute atomic E-state index is 0.703. The van der Waals surface area contributed by atoms with E-state index in [1.54, 1.807) is 0 Å². The van der Waals surface area contributed by atoms with E-state index in [4.69, 9.17) is 16.3 Å². The molecular weight excluding hydrogens is 284 g/mol. The summed E-state index contributed by atoms with van der Waals surface area (Å²) in [7, 11) is 0. The highest BCUT2D eigenvalue weighted by Crippen LogP contribution is 2.29. The van der Waals surface area contributed by atoms with Gasteiger partial charge in [0.15, 0.2) is 0 Å². The molecule has 0 radical (unpaired) electrons. The third-order valence-electron chi connectivity index (χ3n) is 4.49. The predicted octanol–water partition coefficient (Wildman–Crippen LogP) is 3.18. The number of piperidine rings is 1. The van der Waals surface area contributed by atoms with Gasteiger partial charge in [-0.2, -0.15) is 0 Å². The van der Waals surface area contributed by atoms with E-state index in [-0.39, 0.29) is 0 Å². The number of ether oxygens (including phenoxy) is 1. The van der Waals surface area contributed by atoms with Crippen LogP contribution >= 0.6 is 11.6 Å². The standard InChI is InChI=1S/C17H25ClN2O/c18-16-3-1-2-4-17(16)21-12-11-20(15-5-6-15)13-14-7-9-19-10-8-14/h1-4,14-15,19H,5-13H2. The van der Waals surface area contributed by atoms with Crippen LogP contribution in [-0.4, -0.2) is 43.7 Å². The van der Waals surface area contributed by atoms with Crippen molar-refractivity contribution in [2.24, 2.45) is 5.92 Å². The molecule has 0 amide bonds. The van der Waals surface area contributed by atoms with Gasteiger partial charge in [0.05, 0.1) is 5.02 Å². The van der Waals surface area contributed by atoms with Crippen LogP contribution in [0.2, 0.25) is 5.02 Å². The summed E-state index contributed by atoms with van der Waals surface area (Å²) in [6, 6.07) is 8.52. The van der Waals surface area contributed by atoms with Crippen LogP contribution < -0.4 is 10.1 Å². The van der Waals surface area contributed by atoms with Gasteiger partial charge in [-0.15, -0.1) is 0 Å². The molecule has 1 aliphatic heterocycles. The minimum atomic E-state index is 0.703. The number of rotatable bonds is 7. The lowest BCUT2D eigenvalue weighted by molar-refractivity contribution is 0.164. The quantitative estimate of drug-likeness (QED) is 0.837. The first-order chi connectivity index (χ1) is 10.3. The van der Waals surface area contributed by atoms with Crippen molar-refractivity contribution >= 4 is 11.6 Å². The Morgan fingerprint density at radius 3 is 2.62 bits per heavy atom. The molecule has 116 valence electrons. The lowest BCUT2D eigenvalue weighted by atomic mass is 9.97. The summed E-state index contributed by atoms with van der Waals surface area (Å²) in [5.74, 6) is 1.66. The van der Waals surface area contributed by atoms with Crippen LogP contribution in [0.3, 0.4) is 0 Å². The van der Waals surface area contributed by atoms with E-state index < -0.39 is 0 Å². The van der Waals surface area contributed by atoms with Gasteiger partial charge in [-0.05, 0) is 56.8 Å². The molecule has 1 aromatic rings. The maximum atomic E-state index is 6.12. The molecule has 0 unspecified atom stereocenters. The number of halogens is 1. The first kappa shape index (κ1) is 15.1. The van der Waals surface area contributed by atoms with Crippen molar-refractivity contribution in [2.45, 2.75) is 31.7 Å². The van der Waals surface area contributed by atoms with Gasteiger partial charge in [-0.25, -0.2) is 0 Å². The normalized spacial score (nSPS) is 19.9. The second kappa shape index (κ2) is 7.48. The van der Waals surface area contributed by atoms with Crippen molar-refractivity contribution in [2.75, 3.05) is 32.8 Å². The third-order valence-corrected chi connectivity index (χ3v) is 4.80. The highest BCUT2D eigenvalue weighted by molar-refractivity contribution is 6.32. The molecule has 0 atom stereocenters. The summed E-state index contributed by atoms with van der Waals surface area (Å²) >= 11 is 6.12. The van der Waals surface area contributed by atoms with Crippen molar-refractivity contribution in [3.05, 3.63) is 29.3 Å². The van der Waals surface area contributed by atoms with Crippen LogP contribution in [0.1, 0.15) is 25.7 Å². The molecule has 2 fully saturated rings. The van der Waals surface area contributed by atoms with Crippen molar-refractivity contribution in [3.8, 4) is 5.75 Å². The summed E-state index contributed by atoms with van der Waals surface area (Å²) in [5.41, 5.74) is 0. The largest absolute Gasteiger partial charge is 0.491 e. The molecule has 1 aliphatic carbocycles. The summed E-state index contributed by atoms with van der Waals surface area (Å²) in [5, 5.41) is 4.15. The van der Waals surface area contributed by atoms with Crippen LogP contribution in [0.4, 0.5) is 0 Å². The topological polar surface area (TPSA) is 24.5 Å². The zero-order chi connectivity index (χ0) is 14.5. The van der Waals surface area contributed by atoms with Crippen LogP contribution in [0, 0.1) is 5.92 Å². The highest BCUT2D eigenvalue weighted by Gasteiger charge is 2.30. The Balaban J connectivity index is 1.45. The first-order valence-electron chi connectivity index (χ1n) is 8.15. The number of hydrogen-bond donors (Lipinski definition) is 1. The van der Waals surface area contributed by atoms with E-state index in [2.05, 4.69) is 10.2 Å². The van der Waals surface area contributed by atoms with Gasteiger partial charge in [-0.1, -0.05) is 23.7 Å². The van der Waals surface area contributed by atoms with Gasteiger partial charge in [0.1, 0.15) is 12.4 Å². The van der Waals surface area contributed by atoms with E-state index in [1.807, 2.05) is 24.3 Å². The van der Waals surface area contributed by atoms with Crippen LogP contribution in [0.15, 0.2) is 24.3 Å². The van der Waals surface area contributed by atoms with Crippen molar-refractivity contribution in [1.82, 2.24) is 10.2 Å². The van der Waals surface area contributed by atoms with Gasteiger partial charge in [0, 0.05) is 19.1 Å². The molecular formula is C17H25ClN2O. The van der Waals surface area contributed by atoms with Crippen LogP contribution in [0.25, 0.3) is 0 Å². The molecule has 21 heavy (non-hydrogen) atoms. The second-order valence-electron chi connectivity index (χ2n) is 6.20. The number of nitrogens with one attached hydrogen (secondary N) is 1. The van der Waals surface area contributed by atoms with Gasteiger partial charge in [0.25, 0.3) is 0 Å². The first-order valence-corrected chi connectivity index (χ1v) is 8.53. The second-order valence-corrected chi connectivity index (χ2v) is 6.61. The molecule has 1 heterocycles. The Morgan fingerprint density at radius 2 is 1.90 bits per heavy atom. The maximum absolute atomic E-state index is 6.12. The SMILES string of the molecule is Clc1ccccc1OCCN(CC1CCNCC1)C1CC1. The molecule has 2 aliphatic rings. The summed E-state index contributed by atoms with van der Waals surface area (Å²) in [4.78, 5) is 2.63. The predicted molar refractivity (Wildman–Crippen MR) is 87.1 cm³/mol. The maximum Gasteiger partial charge on any atom is 0.137 e. The van der Waals surface area contributed by atoms with Gasteiger partial charge >= 0.3 is 0 Å². The van der Waals surface area contributed by atoms with E-state index in [0.717, 1.165) is 30.9 Å². The number of benzene rings is 1. The fourth-order valence-corrected chi connectivity index (χ4v) is 3.28. The smallest absolute Gasteiger partial charge is 0.137 e. The Bertz CT molecular complexity index is 444. The number of para-hydroxylation sites is 1. The Hall–Kier alpha value is -0.770. The number of hydrogen-bond acceptors (Lipinski definition) is 3. The average Bonchev–Trinajstić information content (AvgIpc) is 3.34. The number of nitrogens with zero attached hydrogens (tertiary/aromatic N) is 1. The Kier molecular flexibility index (Phi) is 5.39. The summed E-state index contributed by atoms with van der Waals surface area (Å²) in [6.07, 6.45) is 5.34. The molecule has 1 aromatic carbocycles. The van der Waals surface area contributed by atoms with E-state index in [1.165, 1.54) is 45.3 Å². The van der Waals surface area contributed by atoms with Crippen molar-refractivity contribution < 1.29 is 4.74 Å². The fraction of sp³-hybridized carbons (Fsp3) is 0.647. The molecule has 1 saturated heterocycles. The third kappa shape index (κ3) is 4.60. The highest BCUT2D eigenvalue weighted by atomic mass is 35.5. The fourth-order valence-electron chi connectivity index (χ4n) is 3.09. The Labute approximate surface area is 132 Å². The van der Waals surface area contributed by atoms with E-state index in [0.29, 0.717) is 5.02 Å². The average molecular weight is 309 g/mol. The molecule has 3 nitrogen and oxygen atoms in total. The molecule has 0 aromatic heterocycles. The molecule has 3 rings (SSSR count). The summed E-state index contributed by atoms with van der Waals surface area (Å²) in [6.45, 7) is 5.34. The van der Waals surface area contributed by atoms with E-state index in [9.17, 15) is 0 Å². The zero-order valence-corrected chi connectivity index (χ0v) is 13.3. The summed E-state index contributed by atoms with van der Waals surface area (Å²) < 4.78 is 5.85. The lowest BCUT2D eigenvalue weighted by Crippen LogP contribution is -2.39. The molecule has 4 heteroatoms. The molecule has 0 bridgehead atoms. The zero-order valence-electron chi connectivity index (χ0n) is 12.6. The van der Waals surface area contributed by atoms with Crippen molar-refractivity contribution in [3.63, 3.8) is 0 Å². The molecule has 1 N–H and O–H groups in total. The minimum Gasteiger partial charge on any atom is -0.491 e. The van der Waals surface area contributed by atoms with Crippen LogP contribution in [-0.2, 0) is 0 Å². The van der Waals surface area contributed by atoms with Crippen LogP contribution in [0.5, 0.6) is 5.75 Å². The van der Waals surface area contributed by atoms with Gasteiger partial charge in [0.2, 0.25) is 0 Å². The Morgan fingerprint density at radius 1 is 1.14 bits per heavy atom. The lowest BCUT2D eigenvalue weighted by Gasteiger charge is -2.30. The molecule has 0 spiro atoms. The monoisotopic (exact) mass is 308 g/mol. The van der Waals surface area contributed by atoms with Gasteiger partial charge in [-0.3, -0.25) is 4.90 Å².